The van der Waals surface area contributed by atoms with Crippen molar-refractivity contribution in [2.75, 3.05) is 7.11 Å². The summed E-state index contributed by atoms with van der Waals surface area (Å²) in [5.74, 6) is -0.00276. The van der Waals surface area contributed by atoms with Crippen molar-refractivity contribution in [1.29, 1.82) is 5.26 Å². The molecule has 0 saturated heterocycles. The van der Waals surface area contributed by atoms with Gasteiger partial charge < -0.3 is 20.4 Å². The van der Waals surface area contributed by atoms with E-state index in [0.29, 0.717) is 24.3 Å². The Bertz CT molecular complexity index is 1430. The highest BCUT2D eigenvalue weighted by Crippen LogP contribution is 2.26. The van der Waals surface area contributed by atoms with E-state index < -0.39 is 23.9 Å². The van der Waals surface area contributed by atoms with Crippen molar-refractivity contribution >= 4 is 33.5 Å². The van der Waals surface area contributed by atoms with Crippen LogP contribution < -0.4 is 15.4 Å². The second-order valence-electron chi connectivity index (χ2n) is 9.17. The Morgan fingerprint density at radius 1 is 1.08 bits per heavy atom. The molecule has 8 nitrogen and oxygen atoms in total. The van der Waals surface area contributed by atoms with Crippen LogP contribution in [0.2, 0.25) is 0 Å². The molecule has 2 atom stereocenters. The Hall–Kier alpha value is -4.38. The average Bonchev–Trinajstić information content (AvgIpc) is 3.32. The maximum absolute atomic E-state index is 13.2. The number of methoxy groups -OCH3 is 1. The number of ether oxygens (including phenoxy) is 1. The van der Waals surface area contributed by atoms with Crippen LogP contribution in [-0.4, -0.2) is 41.0 Å². The number of nitriles is 1. The molecule has 2 heterocycles. The fraction of sp³-hybridized carbons (Fsp3) is 0.286. The minimum Gasteiger partial charge on any atom is -0.496 e. The standard InChI is InChI=1S/C28H29N5O3/c1-17(2)11-24(33-28(35)25-13-22-23(32-25)9-6-10-26(22)36-3)27(34)31-20(14-29)12-19-16-30-15-18-7-4-5-8-21(18)19/h4-10,13,15-17,20,24,32H,11-12H2,1-3H3,(H,31,34)(H,33,35). The maximum Gasteiger partial charge on any atom is 0.268 e. The van der Waals surface area contributed by atoms with E-state index in [0.717, 1.165) is 27.2 Å². The van der Waals surface area contributed by atoms with Crippen molar-refractivity contribution in [3.8, 4) is 11.8 Å². The SMILES string of the molecule is COc1cccc2[nH]c(C(=O)NC(CC(C)C)C(=O)NC(C#N)Cc3cncc4ccccc34)cc12. The summed E-state index contributed by atoms with van der Waals surface area (Å²) in [6.45, 7) is 3.95. The molecule has 184 valence electrons. The molecular weight excluding hydrogens is 454 g/mol. The lowest BCUT2D eigenvalue weighted by Crippen LogP contribution is -2.50. The van der Waals surface area contributed by atoms with E-state index in [1.807, 2.05) is 56.3 Å². The number of amides is 2. The van der Waals surface area contributed by atoms with E-state index in [4.69, 9.17) is 4.74 Å². The van der Waals surface area contributed by atoms with Gasteiger partial charge >= 0.3 is 0 Å². The molecular formula is C28H29N5O3. The van der Waals surface area contributed by atoms with Crippen molar-refractivity contribution < 1.29 is 14.3 Å². The molecule has 0 spiro atoms. The maximum atomic E-state index is 13.2. The van der Waals surface area contributed by atoms with Gasteiger partial charge in [0.2, 0.25) is 5.91 Å². The summed E-state index contributed by atoms with van der Waals surface area (Å²) in [6, 6.07) is 15.6. The first-order valence-corrected chi connectivity index (χ1v) is 11.9. The second-order valence-corrected chi connectivity index (χ2v) is 9.17. The lowest BCUT2D eigenvalue weighted by atomic mass is 10.00. The van der Waals surface area contributed by atoms with E-state index in [2.05, 4.69) is 26.7 Å². The van der Waals surface area contributed by atoms with E-state index in [-0.39, 0.29) is 5.92 Å². The molecule has 2 unspecified atom stereocenters. The Morgan fingerprint density at radius 2 is 1.89 bits per heavy atom. The summed E-state index contributed by atoms with van der Waals surface area (Å²) >= 11 is 0. The van der Waals surface area contributed by atoms with Gasteiger partial charge in [-0.3, -0.25) is 14.6 Å². The van der Waals surface area contributed by atoms with Crippen molar-refractivity contribution in [2.45, 2.75) is 38.8 Å². The van der Waals surface area contributed by atoms with Crippen LogP contribution in [0.5, 0.6) is 5.75 Å². The summed E-state index contributed by atoms with van der Waals surface area (Å²) < 4.78 is 5.37. The predicted molar refractivity (Wildman–Crippen MR) is 139 cm³/mol. The number of nitrogens with zero attached hydrogens (tertiary/aromatic N) is 2. The third-order valence-corrected chi connectivity index (χ3v) is 6.06. The first-order valence-electron chi connectivity index (χ1n) is 11.9. The summed E-state index contributed by atoms with van der Waals surface area (Å²) in [7, 11) is 1.57. The quantitative estimate of drug-likeness (QED) is 0.331. The summed E-state index contributed by atoms with van der Waals surface area (Å²) in [6.07, 6.45) is 4.22. The Kier molecular flexibility index (Phi) is 7.50. The lowest BCUT2D eigenvalue weighted by molar-refractivity contribution is -0.123. The topological polar surface area (TPSA) is 120 Å². The zero-order valence-corrected chi connectivity index (χ0v) is 20.5. The number of aromatic nitrogens is 2. The molecule has 8 heteroatoms. The Balaban J connectivity index is 1.50. The molecule has 4 aromatic rings. The number of hydrogen-bond acceptors (Lipinski definition) is 5. The van der Waals surface area contributed by atoms with Crippen LogP contribution in [-0.2, 0) is 11.2 Å². The van der Waals surface area contributed by atoms with E-state index in [1.54, 1.807) is 25.6 Å². The van der Waals surface area contributed by atoms with Crippen molar-refractivity contribution in [1.82, 2.24) is 20.6 Å². The Labute approximate surface area is 209 Å². The molecule has 0 fully saturated rings. The van der Waals surface area contributed by atoms with Gasteiger partial charge in [0.15, 0.2) is 0 Å². The number of pyridine rings is 1. The van der Waals surface area contributed by atoms with Crippen molar-refractivity contribution in [3.05, 3.63) is 72.2 Å². The van der Waals surface area contributed by atoms with E-state index in [1.165, 1.54) is 0 Å². The fourth-order valence-corrected chi connectivity index (χ4v) is 4.33. The van der Waals surface area contributed by atoms with Gasteiger partial charge in [-0.15, -0.1) is 0 Å². The van der Waals surface area contributed by atoms with Crippen molar-refractivity contribution in [3.63, 3.8) is 0 Å². The van der Waals surface area contributed by atoms with E-state index >= 15 is 0 Å². The zero-order valence-electron chi connectivity index (χ0n) is 20.5. The molecule has 2 aromatic heterocycles. The molecule has 0 radical (unpaired) electrons. The first-order chi connectivity index (χ1) is 17.4. The minimum atomic E-state index is -0.799. The highest BCUT2D eigenvalue weighted by molar-refractivity contribution is 6.01. The van der Waals surface area contributed by atoms with Crippen LogP contribution >= 0.6 is 0 Å². The number of benzene rings is 2. The van der Waals surface area contributed by atoms with E-state index in [9.17, 15) is 14.9 Å². The van der Waals surface area contributed by atoms with Gasteiger partial charge in [-0.2, -0.15) is 5.26 Å². The van der Waals surface area contributed by atoms with Gasteiger partial charge in [0.05, 0.1) is 13.2 Å². The molecule has 36 heavy (non-hydrogen) atoms. The van der Waals surface area contributed by atoms with Crippen LogP contribution in [0.4, 0.5) is 0 Å². The number of hydrogen-bond donors (Lipinski definition) is 3. The largest absolute Gasteiger partial charge is 0.496 e. The lowest BCUT2D eigenvalue weighted by Gasteiger charge is -2.22. The summed E-state index contributed by atoms with van der Waals surface area (Å²) in [5.41, 5.74) is 1.96. The molecule has 2 aromatic carbocycles. The molecule has 0 aliphatic heterocycles. The number of rotatable bonds is 9. The number of carbonyl (C=O) groups excluding carboxylic acids is 2. The average molecular weight is 484 g/mol. The Morgan fingerprint density at radius 3 is 2.64 bits per heavy atom. The van der Waals surface area contributed by atoms with Gasteiger partial charge in [-0.05, 0) is 41.5 Å². The first kappa shape index (κ1) is 24.7. The normalized spacial score (nSPS) is 12.8. The van der Waals surface area contributed by atoms with Crippen LogP contribution in [0, 0.1) is 17.2 Å². The zero-order chi connectivity index (χ0) is 25.7. The van der Waals surface area contributed by atoms with Gasteiger partial charge in [0.1, 0.15) is 23.5 Å². The van der Waals surface area contributed by atoms with Crippen molar-refractivity contribution in [2.24, 2.45) is 5.92 Å². The molecule has 0 saturated carbocycles. The smallest absolute Gasteiger partial charge is 0.268 e. The van der Waals surface area contributed by atoms with Gasteiger partial charge in [0, 0.05) is 35.1 Å². The molecule has 3 N–H and O–H groups in total. The highest BCUT2D eigenvalue weighted by atomic mass is 16.5. The second kappa shape index (κ2) is 10.9. The summed E-state index contributed by atoms with van der Waals surface area (Å²) in [4.78, 5) is 33.6. The predicted octanol–water partition coefficient (Wildman–Crippen LogP) is 4.12. The van der Waals surface area contributed by atoms with Gasteiger partial charge in [-0.1, -0.05) is 44.2 Å². The molecule has 0 bridgehead atoms. The van der Waals surface area contributed by atoms with Crippen LogP contribution in [0.15, 0.2) is 60.9 Å². The molecule has 2 amide bonds. The fourth-order valence-electron chi connectivity index (χ4n) is 4.33. The number of carbonyl (C=O) groups is 2. The van der Waals surface area contributed by atoms with Gasteiger partial charge in [0.25, 0.3) is 5.91 Å². The van der Waals surface area contributed by atoms with Crippen LogP contribution in [0.1, 0.15) is 36.3 Å². The van der Waals surface area contributed by atoms with Gasteiger partial charge in [-0.25, -0.2) is 0 Å². The number of H-pyrrole nitrogens is 1. The third kappa shape index (κ3) is 5.47. The summed E-state index contributed by atoms with van der Waals surface area (Å²) in [5, 5.41) is 18.2. The monoisotopic (exact) mass is 483 g/mol. The number of aromatic amines is 1. The highest BCUT2D eigenvalue weighted by Gasteiger charge is 2.26. The minimum absolute atomic E-state index is 0.145. The van der Waals surface area contributed by atoms with Crippen LogP contribution in [0.3, 0.4) is 0 Å². The molecule has 0 aliphatic rings. The van der Waals surface area contributed by atoms with Crippen LogP contribution in [0.25, 0.3) is 21.7 Å². The molecule has 0 aliphatic carbocycles. The number of nitrogens with one attached hydrogen (secondary N) is 3. The molecule has 4 rings (SSSR count). The third-order valence-electron chi connectivity index (χ3n) is 6.06. The number of fused-ring (bicyclic) bond motifs is 2.